The Morgan fingerprint density at radius 1 is 0.314 bits per heavy atom. The summed E-state index contributed by atoms with van der Waals surface area (Å²) in [6, 6.07) is 0. The molecule has 0 rings (SSSR count). The van der Waals surface area contributed by atoms with Crippen LogP contribution >= 0.6 is 0 Å². The van der Waals surface area contributed by atoms with Crippen molar-refractivity contribution in [1.82, 2.24) is 0 Å². The molecule has 0 heterocycles. The predicted molar refractivity (Wildman–Crippen MR) is 92.7 cm³/mol. The van der Waals surface area contributed by atoms with Crippen molar-refractivity contribution in [1.29, 1.82) is 0 Å². The second kappa shape index (κ2) is 27.7. The summed E-state index contributed by atoms with van der Waals surface area (Å²) >= 11 is 0. The van der Waals surface area contributed by atoms with Crippen molar-refractivity contribution < 1.29 is 187 Å². The molecule has 0 bridgehead atoms. The first kappa shape index (κ1) is 54.9. The van der Waals surface area contributed by atoms with Gasteiger partial charge in [-0.3, -0.25) is 0 Å². The van der Waals surface area contributed by atoms with E-state index in [0.717, 1.165) is 0 Å². The first-order chi connectivity index (χ1) is 13.4. The van der Waals surface area contributed by atoms with E-state index in [-0.39, 0.29) is 97.2 Å². The van der Waals surface area contributed by atoms with Crippen LogP contribution in [0.4, 0.5) is 0 Å². The van der Waals surface area contributed by atoms with E-state index < -0.39 is 72.4 Å². The minimum Gasteiger partial charge on any atom is -0.479 e. The summed E-state index contributed by atoms with van der Waals surface area (Å²) in [5.74, 6) is -10.6. The van der Waals surface area contributed by atoms with Crippen molar-refractivity contribution in [3.8, 4) is 0 Å². The molecule has 0 aliphatic heterocycles. The summed E-state index contributed by atoms with van der Waals surface area (Å²) in [6.07, 6.45) is -13.6. The minimum atomic E-state index is -2.27. The molecule has 0 aliphatic carbocycles. The van der Waals surface area contributed by atoms with E-state index in [0.29, 0.717) is 0 Å². The van der Waals surface area contributed by atoms with Crippen LogP contribution in [-0.2, 0) is 28.8 Å². The Kier molecular flexibility index (Phi) is 43.5. The Morgan fingerprint density at radius 3 is 0.400 bits per heavy atom. The summed E-state index contributed by atoms with van der Waals surface area (Å²) in [5.41, 5.74) is 0. The first-order valence-electron chi connectivity index (χ1n) is 6.85. The average molecular weight is 805 g/mol. The molecule has 0 radical (unpaired) electrons. The third kappa shape index (κ3) is 26.0. The zero-order valence-electron chi connectivity index (χ0n) is 16.6. The number of carboxylic acid groups (broad SMARTS) is 6. The van der Waals surface area contributed by atoms with E-state index >= 15 is 0 Å². The van der Waals surface area contributed by atoms with E-state index in [2.05, 4.69) is 0 Å². The number of hydrogen-bond donors (Lipinski definition) is 12. The smallest absolute Gasteiger partial charge is 0.335 e. The van der Waals surface area contributed by atoms with E-state index in [1.165, 1.54) is 0 Å². The van der Waals surface area contributed by atoms with Gasteiger partial charge in [0.15, 0.2) is 36.6 Å². The van der Waals surface area contributed by atoms with Gasteiger partial charge in [-0.1, -0.05) is 0 Å². The Balaban J connectivity index is -0.0000000486. The van der Waals surface area contributed by atoms with E-state index in [9.17, 15) is 28.8 Å². The van der Waals surface area contributed by atoms with Gasteiger partial charge in [-0.15, -0.1) is 0 Å². The number of aliphatic hydroxyl groups excluding tert-OH is 6. The molecule has 18 N–H and O–H groups in total. The molecule has 6 unspecified atom stereocenters. The first-order valence-corrected chi connectivity index (χ1v) is 6.85. The van der Waals surface area contributed by atoms with Crippen molar-refractivity contribution >= 4 is 35.8 Å². The molecule has 0 saturated heterocycles. The van der Waals surface area contributed by atoms with Gasteiger partial charge in [-0.2, -0.15) is 0 Å². The minimum absolute atomic E-state index is 0. The van der Waals surface area contributed by atoms with Gasteiger partial charge in [0, 0.05) is 80.8 Å². The van der Waals surface area contributed by atoms with Crippen LogP contribution in [0.5, 0.6) is 0 Å². The van der Waals surface area contributed by atoms with Crippen LogP contribution in [0.15, 0.2) is 0 Å². The van der Waals surface area contributed by atoms with Crippen LogP contribution < -0.4 is 0 Å². The van der Waals surface area contributed by atoms with E-state index in [1.54, 1.807) is 0 Å². The normalized spacial score (nSPS) is 13.5. The number of carbonyl (C=O) groups is 6. The van der Waals surface area contributed by atoms with Crippen molar-refractivity contribution in [2.24, 2.45) is 0 Å². The van der Waals surface area contributed by atoms with E-state index in [4.69, 9.17) is 61.3 Å². The van der Waals surface area contributed by atoms with Gasteiger partial charge in [0.05, 0.1) is 0 Å². The van der Waals surface area contributed by atoms with E-state index in [1.807, 2.05) is 0 Å². The van der Waals surface area contributed by atoms with Crippen LogP contribution in [0, 0.1) is 80.8 Å². The maximum atomic E-state index is 9.77. The monoisotopic (exact) mass is 808 g/mol. The van der Waals surface area contributed by atoms with Crippen LogP contribution in [0.25, 0.3) is 0 Å². The average Bonchev–Trinajstić information content (AvgIpc) is 2.64. The third-order valence-corrected chi connectivity index (χ3v) is 2.42. The third-order valence-electron chi connectivity index (χ3n) is 2.42. The predicted octanol–water partition coefficient (Wildman–Crippen LogP) is -8.84. The maximum absolute atomic E-state index is 9.77. The summed E-state index contributed by atoms with van der Waals surface area (Å²) in [7, 11) is 0. The second-order valence-electron chi connectivity index (χ2n) is 4.70. The topological polar surface area (TPSA) is 440 Å². The molecule has 0 aromatic heterocycles. The molecule has 35 heavy (non-hydrogen) atoms. The molecule has 21 nitrogen and oxygen atoms in total. The van der Waals surface area contributed by atoms with Crippen LogP contribution in [-0.4, -0.2) is 150 Å². The fourth-order valence-electron chi connectivity index (χ4n) is 0.810. The zero-order valence-corrected chi connectivity index (χ0v) is 21.8. The molecule has 0 fully saturated rings. The molecule has 0 aromatic carbocycles. The fraction of sp³-hybridized carbons (Fsp3) is 0.500. The number of aliphatic hydroxyl groups is 6. The van der Waals surface area contributed by atoms with Gasteiger partial charge in [0.25, 0.3) is 0 Å². The van der Waals surface area contributed by atoms with Crippen molar-refractivity contribution in [2.45, 2.75) is 36.6 Å². The van der Waals surface area contributed by atoms with Crippen molar-refractivity contribution in [3.05, 3.63) is 0 Å². The molecule has 210 valence electrons. The van der Waals surface area contributed by atoms with Gasteiger partial charge < -0.3 is 77.7 Å². The zero-order chi connectivity index (χ0) is 24.9. The quantitative estimate of drug-likeness (QED) is 0.103. The Morgan fingerprint density at radius 2 is 0.371 bits per heavy atom. The largest absolute Gasteiger partial charge is 0.479 e. The molecule has 0 saturated carbocycles. The Bertz CT molecular complexity index is 500. The van der Waals surface area contributed by atoms with Crippen molar-refractivity contribution in [2.75, 3.05) is 0 Å². The van der Waals surface area contributed by atoms with Crippen LogP contribution in [0.3, 0.4) is 0 Å². The van der Waals surface area contributed by atoms with Gasteiger partial charge in [-0.25, -0.2) is 28.8 Å². The molecule has 23 heteroatoms. The Labute approximate surface area is 257 Å². The standard InChI is InChI=1S/3C4H6O6.3H2O.2Sm/c3*5-1(3(7)8)2(6)4(9)10;;;;;/h3*1-2,5-6H,(H,7,8)(H,9,10);3*1H2;;. The molecule has 0 aromatic rings. The van der Waals surface area contributed by atoms with Crippen LogP contribution in [0.1, 0.15) is 0 Å². The SMILES string of the molecule is O.O.O.O=C(O)C(O)C(O)C(=O)O.O=C(O)C(O)C(O)C(=O)O.O=C(O)C(O)C(O)C(=O)O.[Sm].[Sm]. The Hall–Kier alpha value is -0.865. The number of hydrogen-bond acceptors (Lipinski definition) is 12. The maximum Gasteiger partial charge on any atom is 0.335 e. The van der Waals surface area contributed by atoms with Gasteiger partial charge in [-0.05, 0) is 0 Å². The summed E-state index contributed by atoms with van der Waals surface area (Å²) in [5, 5.41) is 97.6. The second-order valence-corrected chi connectivity index (χ2v) is 4.70. The molecule has 0 amide bonds. The molecule has 0 aliphatic rings. The molecule has 6 atom stereocenters. The summed E-state index contributed by atoms with van der Waals surface area (Å²) < 4.78 is 0. The van der Waals surface area contributed by atoms with Crippen molar-refractivity contribution in [3.63, 3.8) is 0 Å². The summed E-state index contributed by atoms with van der Waals surface area (Å²) in [6.45, 7) is 0. The summed E-state index contributed by atoms with van der Waals surface area (Å²) in [4.78, 5) is 58.6. The number of aliphatic carboxylic acids is 6. The number of carboxylic acids is 6. The van der Waals surface area contributed by atoms with Gasteiger partial charge in [0.2, 0.25) is 0 Å². The molecular weight excluding hydrogens is 781 g/mol. The molecular formula is C12H24O21Sm2. The van der Waals surface area contributed by atoms with Crippen LogP contribution in [0.2, 0.25) is 0 Å². The molecule has 0 spiro atoms. The fourth-order valence-corrected chi connectivity index (χ4v) is 0.810. The van der Waals surface area contributed by atoms with Gasteiger partial charge >= 0.3 is 35.8 Å². The van der Waals surface area contributed by atoms with Gasteiger partial charge in [0.1, 0.15) is 0 Å². The number of rotatable bonds is 9.